The molecule has 6 nitrogen and oxygen atoms in total. The maximum atomic E-state index is 12.7. The van der Waals surface area contributed by atoms with Crippen LogP contribution in [0.25, 0.3) is 21.7 Å². The Morgan fingerprint density at radius 3 is 2.30 bits per heavy atom. The van der Waals surface area contributed by atoms with Crippen LogP contribution < -0.4 is 0 Å². The van der Waals surface area contributed by atoms with E-state index in [2.05, 4.69) is 10.2 Å². The number of nitrogens with zero attached hydrogens (tertiary/aromatic N) is 3. The van der Waals surface area contributed by atoms with E-state index in [4.69, 9.17) is 11.6 Å². The quantitative estimate of drug-likeness (QED) is 0.291. The standard InChI is InChI=1S/C26H18ClN3O3/c27-19-11-9-16(10-12-19)15-30-22-8-4-3-7-20(22)24(26(30)33)28-29-25(32)21-13-17-5-1-2-6-18(17)14-23(21)31/h1-14,31,33H,15H2. The van der Waals surface area contributed by atoms with Crippen molar-refractivity contribution in [2.24, 2.45) is 10.2 Å². The summed E-state index contributed by atoms with van der Waals surface area (Å²) in [6.45, 7) is 0.387. The third kappa shape index (κ3) is 3.92. The van der Waals surface area contributed by atoms with Crippen molar-refractivity contribution in [2.75, 3.05) is 0 Å². The first kappa shape index (κ1) is 20.7. The molecule has 1 aromatic heterocycles. The molecule has 0 aliphatic heterocycles. The lowest BCUT2D eigenvalue weighted by Gasteiger charge is -2.07. The Hall–Kier alpha value is -4.16. The summed E-state index contributed by atoms with van der Waals surface area (Å²) < 4.78 is 1.70. The molecule has 162 valence electrons. The number of halogens is 1. The van der Waals surface area contributed by atoms with Gasteiger partial charge < -0.3 is 14.8 Å². The van der Waals surface area contributed by atoms with Crippen LogP contribution in [-0.2, 0) is 6.54 Å². The van der Waals surface area contributed by atoms with Gasteiger partial charge in [0, 0.05) is 10.4 Å². The van der Waals surface area contributed by atoms with Gasteiger partial charge in [-0.3, -0.25) is 4.79 Å². The summed E-state index contributed by atoms with van der Waals surface area (Å²) >= 11 is 5.98. The van der Waals surface area contributed by atoms with Crippen LogP contribution in [0.5, 0.6) is 11.6 Å². The van der Waals surface area contributed by atoms with E-state index in [1.807, 2.05) is 54.6 Å². The molecule has 1 amide bonds. The first-order valence-electron chi connectivity index (χ1n) is 10.2. The Morgan fingerprint density at radius 1 is 0.879 bits per heavy atom. The van der Waals surface area contributed by atoms with Crippen molar-refractivity contribution in [1.82, 2.24) is 4.57 Å². The van der Waals surface area contributed by atoms with Crippen LogP contribution in [-0.4, -0.2) is 20.7 Å². The molecule has 1 heterocycles. The lowest BCUT2D eigenvalue weighted by Crippen LogP contribution is -1.98. The predicted octanol–water partition coefficient (Wildman–Crippen LogP) is 6.83. The summed E-state index contributed by atoms with van der Waals surface area (Å²) in [5.74, 6) is -0.982. The van der Waals surface area contributed by atoms with E-state index in [-0.39, 0.29) is 22.9 Å². The van der Waals surface area contributed by atoms with Crippen molar-refractivity contribution in [3.63, 3.8) is 0 Å². The fourth-order valence-electron chi connectivity index (χ4n) is 3.85. The molecule has 0 atom stereocenters. The molecule has 0 fully saturated rings. The molecular formula is C26H18ClN3O3. The second-order valence-corrected chi connectivity index (χ2v) is 8.06. The highest BCUT2D eigenvalue weighted by atomic mass is 35.5. The number of benzene rings is 4. The van der Waals surface area contributed by atoms with Crippen molar-refractivity contribution in [3.05, 3.63) is 101 Å². The zero-order chi connectivity index (χ0) is 22.9. The van der Waals surface area contributed by atoms with Crippen molar-refractivity contribution >= 4 is 44.9 Å². The number of hydrogen-bond donors (Lipinski definition) is 2. The van der Waals surface area contributed by atoms with Gasteiger partial charge in [-0.15, -0.1) is 10.2 Å². The Morgan fingerprint density at radius 2 is 1.55 bits per heavy atom. The summed E-state index contributed by atoms with van der Waals surface area (Å²) in [4.78, 5) is 12.7. The van der Waals surface area contributed by atoms with Crippen LogP contribution in [0.2, 0.25) is 5.02 Å². The van der Waals surface area contributed by atoms with Gasteiger partial charge in [-0.05, 0) is 46.7 Å². The fraction of sp³-hybridized carbons (Fsp3) is 0.0385. The van der Waals surface area contributed by atoms with Gasteiger partial charge in [0.2, 0.25) is 5.88 Å². The van der Waals surface area contributed by atoms with Crippen LogP contribution in [0.3, 0.4) is 0 Å². The van der Waals surface area contributed by atoms with Crippen LogP contribution in [0.4, 0.5) is 5.69 Å². The minimum atomic E-state index is -0.702. The highest BCUT2D eigenvalue weighted by Crippen LogP contribution is 2.39. The van der Waals surface area contributed by atoms with Crippen LogP contribution in [0, 0.1) is 0 Å². The maximum absolute atomic E-state index is 12.7. The van der Waals surface area contributed by atoms with Crippen molar-refractivity contribution < 1.29 is 15.0 Å². The first-order chi connectivity index (χ1) is 16.0. The minimum absolute atomic E-state index is 0.0434. The number of amides is 1. The average Bonchev–Trinajstić information content (AvgIpc) is 3.09. The topological polar surface area (TPSA) is 87.2 Å². The highest BCUT2D eigenvalue weighted by Gasteiger charge is 2.18. The number of aromatic nitrogens is 1. The van der Waals surface area contributed by atoms with E-state index in [1.165, 1.54) is 6.07 Å². The van der Waals surface area contributed by atoms with Gasteiger partial charge in [0.05, 0.1) is 17.6 Å². The molecule has 0 saturated heterocycles. The molecule has 0 aliphatic rings. The van der Waals surface area contributed by atoms with Gasteiger partial charge in [0.15, 0.2) is 5.69 Å². The summed E-state index contributed by atoms with van der Waals surface area (Å²) in [5, 5.41) is 32.0. The molecule has 4 aromatic carbocycles. The fourth-order valence-corrected chi connectivity index (χ4v) is 3.98. The summed E-state index contributed by atoms with van der Waals surface area (Å²) in [6, 6.07) is 25.2. The Bertz CT molecular complexity index is 1540. The summed E-state index contributed by atoms with van der Waals surface area (Å²) in [6.07, 6.45) is 0. The number of phenols is 1. The summed E-state index contributed by atoms with van der Waals surface area (Å²) in [7, 11) is 0. The van der Waals surface area contributed by atoms with Gasteiger partial charge >= 0.3 is 0 Å². The number of rotatable bonds is 4. The number of azo groups is 1. The minimum Gasteiger partial charge on any atom is -0.507 e. The van der Waals surface area contributed by atoms with Crippen molar-refractivity contribution in [1.29, 1.82) is 0 Å². The van der Waals surface area contributed by atoms with E-state index in [1.54, 1.807) is 28.8 Å². The average molecular weight is 456 g/mol. The normalized spacial score (nSPS) is 11.5. The third-order valence-corrected chi connectivity index (χ3v) is 5.76. The molecule has 5 aromatic rings. The van der Waals surface area contributed by atoms with Crippen LogP contribution in [0.15, 0.2) is 95.2 Å². The lowest BCUT2D eigenvalue weighted by molar-refractivity contribution is 0.0992. The molecule has 2 N–H and O–H groups in total. The van der Waals surface area contributed by atoms with Crippen molar-refractivity contribution in [3.8, 4) is 11.6 Å². The first-order valence-corrected chi connectivity index (χ1v) is 10.6. The van der Waals surface area contributed by atoms with Crippen LogP contribution >= 0.6 is 11.6 Å². The monoisotopic (exact) mass is 455 g/mol. The number of fused-ring (bicyclic) bond motifs is 2. The van der Waals surface area contributed by atoms with Gasteiger partial charge in [0.1, 0.15) is 5.75 Å². The molecule has 0 unspecified atom stereocenters. The molecule has 5 rings (SSSR count). The van der Waals surface area contributed by atoms with Crippen molar-refractivity contribution in [2.45, 2.75) is 6.54 Å². The van der Waals surface area contributed by atoms with E-state index < -0.39 is 5.91 Å². The second-order valence-electron chi connectivity index (χ2n) is 7.62. The van der Waals surface area contributed by atoms with E-state index in [0.717, 1.165) is 21.9 Å². The number of carbonyl (C=O) groups is 1. The van der Waals surface area contributed by atoms with Gasteiger partial charge in [-0.1, -0.05) is 66.2 Å². The Kier molecular flexibility index (Phi) is 5.28. The number of hydrogen-bond acceptors (Lipinski definition) is 4. The largest absolute Gasteiger partial charge is 0.507 e. The smallest absolute Gasteiger partial charge is 0.299 e. The Labute approximate surface area is 194 Å². The van der Waals surface area contributed by atoms with E-state index in [0.29, 0.717) is 17.0 Å². The highest BCUT2D eigenvalue weighted by molar-refractivity contribution is 6.30. The molecule has 7 heteroatoms. The molecular weight excluding hydrogens is 438 g/mol. The zero-order valence-electron chi connectivity index (χ0n) is 17.3. The molecule has 33 heavy (non-hydrogen) atoms. The number of para-hydroxylation sites is 1. The molecule has 0 aliphatic carbocycles. The predicted molar refractivity (Wildman–Crippen MR) is 129 cm³/mol. The molecule has 0 bridgehead atoms. The maximum Gasteiger partial charge on any atom is 0.299 e. The number of carbonyl (C=O) groups excluding carboxylic acids is 1. The number of aromatic hydroxyl groups is 2. The lowest BCUT2D eigenvalue weighted by atomic mass is 10.1. The van der Waals surface area contributed by atoms with Gasteiger partial charge in [0.25, 0.3) is 5.91 Å². The molecule has 0 radical (unpaired) electrons. The number of phenolic OH excluding ortho intramolecular Hbond substituents is 1. The molecule has 0 saturated carbocycles. The second kappa shape index (κ2) is 8.41. The van der Waals surface area contributed by atoms with Gasteiger partial charge in [-0.25, -0.2) is 0 Å². The molecule has 0 spiro atoms. The summed E-state index contributed by atoms with van der Waals surface area (Å²) in [5.41, 5.74) is 1.92. The van der Waals surface area contributed by atoms with E-state index in [9.17, 15) is 15.0 Å². The van der Waals surface area contributed by atoms with E-state index >= 15 is 0 Å². The zero-order valence-corrected chi connectivity index (χ0v) is 18.1. The van der Waals surface area contributed by atoms with Crippen LogP contribution in [0.1, 0.15) is 15.9 Å². The Balaban J connectivity index is 1.52. The SMILES string of the molecule is O=C(N=Nc1c(O)n(Cc2ccc(Cl)cc2)c2ccccc12)c1cc2ccccc2cc1O. The third-order valence-electron chi connectivity index (χ3n) is 5.51. The van der Waals surface area contributed by atoms with Gasteiger partial charge in [-0.2, -0.15) is 0 Å².